The number of hydrogen-bond donors (Lipinski definition) is 4. The lowest BCUT2D eigenvalue weighted by Gasteiger charge is -2.20. The first-order valence-electron chi connectivity index (χ1n) is 12.7. The normalized spacial score (nSPS) is 21.5. The van der Waals surface area contributed by atoms with Gasteiger partial charge in [0.2, 0.25) is 11.8 Å². The highest BCUT2D eigenvalue weighted by Crippen LogP contribution is 2.30. The minimum Gasteiger partial charge on any atom is -0.384 e. The molecule has 2 aliphatic rings. The highest BCUT2D eigenvalue weighted by Gasteiger charge is 2.32. The molecule has 7 nitrogen and oxygen atoms in total. The summed E-state index contributed by atoms with van der Waals surface area (Å²) in [4.78, 5) is 30.0. The maximum Gasteiger partial charge on any atom is 0.242 e. The molecule has 1 aromatic heterocycles. The summed E-state index contributed by atoms with van der Waals surface area (Å²) >= 11 is 0. The number of fused-ring (bicyclic) bond motifs is 1. The smallest absolute Gasteiger partial charge is 0.242 e. The van der Waals surface area contributed by atoms with Crippen molar-refractivity contribution < 1.29 is 9.59 Å². The molecule has 186 valence electrons. The average Bonchev–Trinajstić information content (AvgIpc) is 3.52. The highest BCUT2D eigenvalue weighted by molar-refractivity contribution is 5.89. The van der Waals surface area contributed by atoms with Gasteiger partial charge in [-0.2, -0.15) is 0 Å². The number of rotatable bonds is 7. The van der Waals surface area contributed by atoms with Crippen LogP contribution in [0.25, 0.3) is 11.1 Å². The van der Waals surface area contributed by atoms with Gasteiger partial charge in [-0.05, 0) is 73.4 Å². The first kappa shape index (κ1) is 24.0. The SMILES string of the molecule is C[C@H](NC(=O)C1CC(Cc2ccc(-c3ccccc3)cc2)CN1)C(=O)N[C@H]1CCc2nc(N)ccc21. The van der Waals surface area contributed by atoms with Crippen LogP contribution in [0.1, 0.15) is 42.6 Å². The molecule has 0 saturated carbocycles. The van der Waals surface area contributed by atoms with E-state index < -0.39 is 6.04 Å². The van der Waals surface area contributed by atoms with Crippen LogP contribution in [0.3, 0.4) is 0 Å². The molecule has 2 unspecified atom stereocenters. The van der Waals surface area contributed by atoms with E-state index in [1.165, 1.54) is 16.7 Å². The molecule has 2 aromatic carbocycles. The number of aromatic nitrogens is 1. The molecule has 2 heterocycles. The molecule has 1 saturated heterocycles. The predicted molar refractivity (Wildman–Crippen MR) is 141 cm³/mol. The zero-order chi connectivity index (χ0) is 25.1. The molecular formula is C29H33N5O2. The predicted octanol–water partition coefficient (Wildman–Crippen LogP) is 3.16. The molecule has 2 amide bonds. The fourth-order valence-corrected chi connectivity index (χ4v) is 5.27. The fourth-order valence-electron chi connectivity index (χ4n) is 5.27. The highest BCUT2D eigenvalue weighted by atomic mass is 16.2. The maximum absolute atomic E-state index is 12.9. The third-order valence-electron chi connectivity index (χ3n) is 7.27. The van der Waals surface area contributed by atoms with Crippen molar-refractivity contribution in [1.29, 1.82) is 0 Å². The van der Waals surface area contributed by atoms with Gasteiger partial charge in [-0.15, -0.1) is 0 Å². The Morgan fingerprint density at radius 1 is 1.06 bits per heavy atom. The van der Waals surface area contributed by atoms with Crippen molar-refractivity contribution in [2.45, 2.75) is 50.7 Å². The molecule has 1 fully saturated rings. The Hall–Kier alpha value is -3.71. The summed E-state index contributed by atoms with van der Waals surface area (Å²) in [5, 5.41) is 9.28. The molecule has 0 bridgehead atoms. The van der Waals surface area contributed by atoms with Crippen LogP contribution >= 0.6 is 0 Å². The summed E-state index contributed by atoms with van der Waals surface area (Å²) < 4.78 is 0. The Morgan fingerprint density at radius 2 is 1.81 bits per heavy atom. The van der Waals surface area contributed by atoms with Gasteiger partial charge < -0.3 is 21.7 Å². The molecule has 1 aliphatic carbocycles. The Balaban J connectivity index is 1.10. The summed E-state index contributed by atoms with van der Waals surface area (Å²) in [6, 6.07) is 21.7. The molecular weight excluding hydrogens is 450 g/mol. The van der Waals surface area contributed by atoms with Crippen LogP contribution in [-0.4, -0.2) is 35.4 Å². The third-order valence-corrected chi connectivity index (χ3v) is 7.27. The average molecular weight is 484 g/mol. The minimum absolute atomic E-state index is 0.0952. The van der Waals surface area contributed by atoms with Crippen LogP contribution < -0.4 is 21.7 Å². The van der Waals surface area contributed by atoms with Crippen molar-refractivity contribution in [1.82, 2.24) is 20.9 Å². The number of amides is 2. The summed E-state index contributed by atoms with van der Waals surface area (Å²) in [6.45, 7) is 2.51. The molecule has 3 aromatic rings. The largest absolute Gasteiger partial charge is 0.384 e. The Labute approximate surface area is 211 Å². The number of carbonyl (C=O) groups is 2. The number of nitrogens with one attached hydrogen (secondary N) is 3. The van der Waals surface area contributed by atoms with E-state index in [2.05, 4.69) is 57.3 Å². The summed E-state index contributed by atoms with van der Waals surface area (Å²) in [7, 11) is 0. The zero-order valence-corrected chi connectivity index (χ0v) is 20.5. The lowest BCUT2D eigenvalue weighted by atomic mass is 9.95. The van der Waals surface area contributed by atoms with E-state index in [0.717, 1.165) is 43.5 Å². The number of benzene rings is 2. The Kier molecular flexibility index (Phi) is 7.00. The van der Waals surface area contributed by atoms with E-state index >= 15 is 0 Å². The van der Waals surface area contributed by atoms with E-state index in [-0.39, 0.29) is 23.9 Å². The van der Waals surface area contributed by atoms with Crippen molar-refractivity contribution in [3.05, 3.63) is 83.6 Å². The Morgan fingerprint density at radius 3 is 2.58 bits per heavy atom. The van der Waals surface area contributed by atoms with Crippen LogP contribution in [0, 0.1) is 5.92 Å². The summed E-state index contributed by atoms with van der Waals surface area (Å²) in [5.41, 5.74) is 11.4. The second kappa shape index (κ2) is 10.5. The van der Waals surface area contributed by atoms with Gasteiger partial charge in [-0.25, -0.2) is 4.98 Å². The second-order valence-electron chi connectivity index (χ2n) is 9.93. The van der Waals surface area contributed by atoms with Crippen molar-refractivity contribution in [2.75, 3.05) is 12.3 Å². The quantitative estimate of drug-likeness (QED) is 0.413. The topological polar surface area (TPSA) is 109 Å². The Bertz CT molecular complexity index is 1230. The second-order valence-corrected chi connectivity index (χ2v) is 9.93. The zero-order valence-electron chi connectivity index (χ0n) is 20.5. The van der Waals surface area contributed by atoms with E-state index in [1.54, 1.807) is 13.0 Å². The molecule has 0 radical (unpaired) electrons. The number of nitrogens with zero attached hydrogens (tertiary/aromatic N) is 1. The van der Waals surface area contributed by atoms with E-state index in [9.17, 15) is 9.59 Å². The number of carbonyl (C=O) groups excluding carboxylic acids is 2. The fraction of sp³-hybridized carbons (Fsp3) is 0.345. The lowest BCUT2D eigenvalue weighted by Crippen LogP contribution is -2.50. The van der Waals surface area contributed by atoms with Gasteiger partial charge >= 0.3 is 0 Å². The maximum atomic E-state index is 12.9. The number of anilines is 1. The molecule has 1 aliphatic heterocycles. The molecule has 5 rings (SSSR count). The number of aryl methyl sites for hydroxylation is 1. The first-order valence-corrected chi connectivity index (χ1v) is 12.7. The van der Waals surface area contributed by atoms with Gasteiger partial charge in [0, 0.05) is 5.69 Å². The van der Waals surface area contributed by atoms with Gasteiger partial charge in [0.05, 0.1) is 12.1 Å². The van der Waals surface area contributed by atoms with Crippen LogP contribution in [-0.2, 0) is 22.4 Å². The van der Waals surface area contributed by atoms with Gasteiger partial charge in [0.25, 0.3) is 0 Å². The van der Waals surface area contributed by atoms with Crippen LogP contribution in [0.2, 0.25) is 0 Å². The molecule has 0 spiro atoms. The van der Waals surface area contributed by atoms with Gasteiger partial charge in [-0.3, -0.25) is 9.59 Å². The van der Waals surface area contributed by atoms with Crippen molar-refractivity contribution in [2.24, 2.45) is 5.92 Å². The van der Waals surface area contributed by atoms with Crippen LogP contribution in [0.15, 0.2) is 66.7 Å². The van der Waals surface area contributed by atoms with Crippen LogP contribution in [0.5, 0.6) is 0 Å². The molecule has 5 N–H and O–H groups in total. The molecule has 7 heteroatoms. The van der Waals surface area contributed by atoms with Gasteiger partial charge in [-0.1, -0.05) is 60.7 Å². The van der Waals surface area contributed by atoms with Crippen LogP contribution in [0.4, 0.5) is 5.82 Å². The number of nitrogen functional groups attached to an aromatic ring is 1. The summed E-state index contributed by atoms with van der Waals surface area (Å²) in [5.74, 6) is 0.558. The van der Waals surface area contributed by atoms with Crippen molar-refractivity contribution >= 4 is 17.6 Å². The number of pyridine rings is 1. The van der Waals surface area contributed by atoms with E-state index in [4.69, 9.17) is 5.73 Å². The number of hydrogen-bond acceptors (Lipinski definition) is 5. The third kappa shape index (κ3) is 5.41. The van der Waals surface area contributed by atoms with Gasteiger partial charge in [0.15, 0.2) is 0 Å². The van der Waals surface area contributed by atoms with E-state index in [0.29, 0.717) is 11.7 Å². The monoisotopic (exact) mass is 483 g/mol. The minimum atomic E-state index is -0.616. The number of nitrogens with two attached hydrogens (primary N) is 1. The van der Waals surface area contributed by atoms with E-state index in [1.807, 2.05) is 24.3 Å². The van der Waals surface area contributed by atoms with Crippen molar-refractivity contribution in [3.8, 4) is 11.1 Å². The van der Waals surface area contributed by atoms with Gasteiger partial charge in [0.1, 0.15) is 11.9 Å². The molecule has 4 atom stereocenters. The first-order chi connectivity index (χ1) is 17.5. The summed E-state index contributed by atoms with van der Waals surface area (Å²) in [6.07, 6.45) is 3.25. The standard InChI is InChI=1S/C29H33N5O2/c1-18(28(35)34-25-13-12-24-23(25)11-14-27(30)33-24)32-29(36)26-16-20(17-31-26)15-19-7-9-22(10-8-19)21-5-3-2-4-6-21/h2-11,14,18,20,25-26,31H,12-13,15-17H2,1H3,(H2,30,33)(H,32,36)(H,34,35)/t18-,20?,25-,26?/m0/s1. The molecule has 36 heavy (non-hydrogen) atoms. The lowest BCUT2D eigenvalue weighted by molar-refractivity contribution is -0.129. The van der Waals surface area contributed by atoms with Crippen molar-refractivity contribution in [3.63, 3.8) is 0 Å².